The number of aromatic nitrogens is 3. The van der Waals surface area contributed by atoms with Crippen LogP contribution in [0.1, 0.15) is 29.0 Å². The maximum Gasteiger partial charge on any atom is 0.273 e. The van der Waals surface area contributed by atoms with Gasteiger partial charge < -0.3 is 20.1 Å². The first-order valence-electron chi connectivity index (χ1n) is 9.32. The van der Waals surface area contributed by atoms with Gasteiger partial charge in [0.2, 0.25) is 5.95 Å². The standard InChI is InChI=1S/C19H22N6O2S/c1-13-11-17(25-8-2-3-9-25)23-19(22-13)21-7-6-20-18(26)14-12-15(27-24-14)16-5-4-10-28-16/h4-5,10-12H,2-3,6-9H2,1H3,(H,20,26)(H,21,22,23). The van der Waals surface area contributed by atoms with Gasteiger partial charge in [-0.1, -0.05) is 11.2 Å². The summed E-state index contributed by atoms with van der Waals surface area (Å²) in [6.45, 7) is 4.98. The molecule has 1 saturated heterocycles. The summed E-state index contributed by atoms with van der Waals surface area (Å²) in [5.74, 6) is 1.87. The molecule has 3 aromatic rings. The number of hydrogen-bond acceptors (Lipinski definition) is 8. The smallest absolute Gasteiger partial charge is 0.273 e. The van der Waals surface area contributed by atoms with Crippen LogP contribution in [0, 0.1) is 6.92 Å². The van der Waals surface area contributed by atoms with Crippen molar-refractivity contribution < 1.29 is 9.32 Å². The first kappa shape index (κ1) is 18.4. The van der Waals surface area contributed by atoms with E-state index in [0.717, 1.165) is 29.5 Å². The summed E-state index contributed by atoms with van der Waals surface area (Å²) in [5, 5.41) is 11.8. The van der Waals surface area contributed by atoms with Crippen LogP contribution >= 0.6 is 11.3 Å². The van der Waals surface area contributed by atoms with Crippen molar-refractivity contribution in [3.8, 4) is 10.6 Å². The predicted octanol–water partition coefficient (Wildman–Crippen LogP) is 2.94. The quantitative estimate of drug-likeness (QED) is 0.591. The molecule has 8 nitrogen and oxygen atoms in total. The van der Waals surface area contributed by atoms with Crippen LogP contribution in [0.4, 0.5) is 11.8 Å². The molecular weight excluding hydrogens is 376 g/mol. The van der Waals surface area contributed by atoms with Gasteiger partial charge in [0, 0.05) is 44.0 Å². The number of thiophene rings is 1. The third-order valence-electron chi connectivity index (χ3n) is 4.47. The number of carbonyl (C=O) groups is 1. The highest BCUT2D eigenvalue weighted by Crippen LogP contribution is 2.25. The average molecular weight is 398 g/mol. The zero-order valence-corrected chi connectivity index (χ0v) is 16.5. The summed E-state index contributed by atoms with van der Waals surface area (Å²) in [6, 6.07) is 7.51. The number of anilines is 2. The van der Waals surface area contributed by atoms with Crippen molar-refractivity contribution >= 4 is 29.0 Å². The molecule has 146 valence electrons. The molecule has 28 heavy (non-hydrogen) atoms. The number of rotatable bonds is 7. The van der Waals surface area contributed by atoms with Crippen molar-refractivity contribution in [3.63, 3.8) is 0 Å². The van der Waals surface area contributed by atoms with Crippen molar-refractivity contribution in [2.45, 2.75) is 19.8 Å². The molecule has 1 aliphatic rings. The zero-order valence-electron chi connectivity index (χ0n) is 15.6. The van der Waals surface area contributed by atoms with Gasteiger partial charge >= 0.3 is 0 Å². The van der Waals surface area contributed by atoms with Crippen LogP contribution in [0.2, 0.25) is 0 Å². The van der Waals surface area contributed by atoms with E-state index in [0.29, 0.717) is 24.8 Å². The van der Waals surface area contributed by atoms with Crippen LogP contribution in [0.5, 0.6) is 0 Å². The number of carbonyl (C=O) groups excluding carboxylic acids is 1. The first-order chi connectivity index (χ1) is 13.7. The third kappa shape index (κ3) is 4.30. The van der Waals surface area contributed by atoms with Crippen LogP contribution in [0.3, 0.4) is 0 Å². The molecule has 0 radical (unpaired) electrons. The Kier molecular flexibility index (Phi) is 5.52. The molecule has 9 heteroatoms. The van der Waals surface area contributed by atoms with Crippen molar-refractivity contribution in [3.05, 3.63) is 41.0 Å². The average Bonchev–Trinajstić information content (AvgIpc) is 3.46. The Balaban J connectivity index is 1.28. The molecule has 0 atom stereocenters. The molecule has 3 aromatic heterocycles. The largest absolute Gasteiger partial charge is 0.356 e. The van der Waals surface area contributed by atoms with Gasteiger partial charge in [0.1, 0.15) is 5.82 Å². The molecule has 0 unspecified atom stereocenters. The maximum atomic E-state index is 12.2. The Bertz CT molecular complexity index is 934. The van der Waals surface area contributed by atoms with E-state index in [4.69, 9.17) is 4.52 Å². The fourth-order valence-electron chi connectivity index (χ4n) is 3.10. The Labute approximate surface area is 167 Å². The van der Waals surface area contributed by atoms with E-state index in [-0.39, 0.29) is 11.6 Å². The highest BCUT2D eigenvalue weighted by Gasteiger charge is 2.16. The summed E-state index contributed by atoms with van der Waals surface area (Å²) in [4.78, 5) is 24.5. The fraction of sp³-hybridized carbons (Fsp3) is 0.368. The third-order valence-corrected chi connectivity index (χ3v) is 5.36. The minimum Gasteiger partial charge on any atom is -0.356 e. The molecule has 1 fully saturated rings. The molecule has 0 bridgehead atoms. The van der Waals surface area contributed by atoms with E-state index in [1.54, 1.807) is 6.07 Å². The summed E-state index contributed by atoms with van der Waals surface area (Å²) in [7, 11) is 0. The van der Waals surface area contributed by atoms with E-state index >= 15 is 0 Å². The second-order valence-corrected chi connectivity index (χ2v) is 7.57. The van der Waals surface area contributed by atoms with Crippen molar-refractivity contribution in [2.75, 3.05) is 36.4 Å². The number of aryl methyl sites for hydroxylation is 1. The Morgan fingerprint density at radius 3 is 2.89 bits per heavy atom. The van der Waals surface area contributed by atoms with Gasteiger partial charge in [0.05, 0.1) is 4.88 Å². The van der Waals surface area contributed by atoms with E-state index < -0.39 is 0 Å². The highest BCUT2D eigenvalue weighted by molar-refractivity contribution is 7.13. The van der Waals surface area contributed by atoms with Crippen LogP contribution in [-0.2, 0) is 0 Å². The monoisotopic (exact) mass is 398 g/mol. The lowest BCUT2D eigenvalue weighted by molar-refractivity contribution is 0.0946. The molecule has 2 N–H and O–H groups in total. The van der Waals surface area contributed by atoms with E-state index in [1.807, 2.05) is 30.5 Å². The van der Waals surface area contributed by atoms with Crippen molar-refractivity contribution in [2.24, 2.45) is 0 Å². The lowest BCUT2D eigenvalue weighted by Gasteiger charge is -2.17. The van der Waals surface area contributed by atoms with Crippen LogP contribution in [-0.4, -0.2) is 47.2 Å². The summed E-state index contributed by atoms with van der Waals surface area (Å²) in [5.41, 5.74) is 1.19. The summed E-state index contributed by atoms with van der Waals surface area (Å²) < 4.78 is 5.24. The number of nitrogens with one attached hydrogen (secondary N) is 2. The Hall–Kier alpha value is -2.94. The predicted molar refractivity (Wildman–Crippen MR) is 109 cm³/mol. The van der Waals surface area contributed by atoms with E-state index in [2.05, 4.69) is 30.7 Å². The van der Waals surface area contributed by atoms with Gasteiger partial charge in [0.15, 0.2) is 11.5 Å². The molecule has 0 spiro atoms. The SMILES string of the molecule is Cc1cc(N2CCCC2)nc(NCCNC(=O)c2cc(-c3cccs3)on2)n1. The molecular formula is C19H22N6O2S. The first-order valence-corrected chi connectivity index (χ1v) is 10.2. The van der Waals surface area contributed by atoms with Crippen molar-refractivity contribution in [1.82, 2.24) is 20.4 Å². The van der Waals surface area contributed by atoms with Gasteiger partial charge in [0.25, 0.3) is 5.91 Å². The van der Waals surface area contributed by atoms with Gasteiger partial charge in [-0.25, -0.2) is 4.98 Å². The summed E-state index contributed by atoms with van der Waals surface area (Å²) in [6.07, 6.45) is 2.40. The Morgan fingerprint density at radius 1 is 1.25 bits per heavy atom. The molecule has 4 rings (SSSR count). The van der Waals surface area contributed by atoms with E-state index in [1.165, 1.54) is 24.2 Å². The van der Waals surface area contributed by atoms with Gasteiger partial charge in [-0.15, -0.1) is 11.3 Å². The van der Waals surface area contributed by atoms with Gasteiger partial charge in [-0.3, -0.25) is 4.79 Å². The molecule has 1 amide bonds. The van der Waals surface area contributed by atoms with Crippen LogP contribution in [0.25, 0.3) is 10.6 Å². The van der Waals surface area contributed by atoms with Gasteiger partial charge in [-0.05, 0) is 31.2 Å². The molecule has 0 aliphatic carbocycles. The number of nitrogens with zero attached hydrogens (tertiary/aromatic N) is 4. The van der Waals surface area contributed by atoms with E-state index in [9.17, 15) is 4.79 Å². The molecule has 4 heterocycles. The summed E-state index contributed by atoms with van der Waals surface area (Å²) >= 11 is 1.54. The zero-order chi connectivity index (χ0) is 19.3. The normalized spacial score (nSPS) is 13.7. The second-order valence-electron chi connectivity index (χ2n) is 6.62. The van der Waals surface area contributed by atoms with Gasteiger partial charge in [-0.2, -0.15) is 4.98 Å². The van der Waals surface area contributed by atoms with Crippen LogP contribution < -0.4 is 15.5 Å². The second kappa shape index (κ2) is 8.39. The van der Waals surface area contributed by atoms with Crippen LogP contribution in [0.15, 0.2) is 34.2 Å². The minimum atomic E-state index is -0.267. The Morgan fingerprint density at radius 2 is 2.11 bits per heavy atom. The molecule has 0 aromatic carbocycles. The molecule has 1 aliphatic heterocycles. The minimum absolute atomic E-state index is 0.267. The highest BCUT2D eigenvalue weighted by atomic mass is 32.1. The topological polar surface area (TPSA) is 96.2 Å². The molecule has 0 saturated carbocycles. The lowest BCUT2D eigenvalue weighted by atomic mass is 10.3. The maximum absolute atomic E-state index is 12.2. The fourth-order valence-corrected chi connectivity index (χ4v) is 3.77. The number of hydrogen-bond donors (Lipinski definition) is 2. The lowest BCUT2D eigenvalue weighted by Crippen LogP contribution is -2.29. The number of amides is 1. The van der Waals surface area contributed by atoms with Crippen molar-refractivity contribution in [1.29, 1.82) is 0 Å².